The summed E-state index contributed by atoms with van der Waals surface area (Å²) in [7, 11) is 0. The lowest BCUT2D eigenvalue weighted by atomic mass is 9.96. The Hall–Kier alpha value is -4.00. The Morgan fingerprint density at radius 1 is 0.943 bits per heavy atom. The fraction of sp³-hybridized carbons (Fsp3) is 0.250. The zero-order valence-corrected chi connectivity index (χ0v) is 19.4. The quantitative estimate of drug-likeness (QED) is 0.537. The molecule has 1 fully saturated rings. The third kappa shape index (κ3) is 6.32. The Morgan fingerprint density at radius 2 is 1.71 bits per heavy atom. The first-order valence-electron chi connectivity index (χ1n) is 11.8. The number of benzene rings is 3. The van der Waals surface area contributed by atoms with Crippen molar-refractivity contribution in [1.82, 2.24) is 10.2 Å². The second-order valence-electron chi connectivity index (χ2n) is 8.63. The molecule has 0 spiro atoms. The first kappa shape index (κ1) is 24.1. The Kier molecular flexibility index (Phi) is 7.88. The van der Waals surface area contributed by atoms with Gasteiger partial charge in [0.1, 0.15) is 5.82 Å². The Bertz CT molecular complexity index is 1200. The molecule has 1 heterocycles. The fourth-order valence-electron chi connectivity index (χ4n) is 4.25. The van der Waals surface area contributed by atoms with Gasteiger partial charge in [0.15, 0.2) is 0 Å². The maximum atomic E-state index is 13.9. The molecule has 3 aromatic carbocycles. The number of nitrogens with zero attached hydrogens (tertiary/aromatic N) is 1. The Labute approximate surface area is 204 Å². The second kappa shape index (κ2) is 11.4. The van der Waals surface area contributed by atoms with Crippen molar-refractivity contribution in [2.24, 2.45) is 5.92 Å². The predicted octanol–water partition coefficient (Wildman–Crippen LogP) is 4.29. The van der Waals surface area contributed by atoms with E-state index in [2.05, 4.69) is 10.6 Å². The zero-order chi connectivity index (χ0) is 24.6. The maximum Gasteiger partial charge on any atom is 0.258 e. The molecule has 180 valence electrons. The van der Waals surface area contributed by atoms with Crippen molar-refractivity contribution in [3.63, 3.8) is 0 Å². The van der Waals surface area contributed by atoms with E-state index in [-0.39, 0.29) is 23.3 Å². The average molecular weight is 474 g/mol. The van der Waals surface area contributed by atoms with Crippen LogP contribution in [0, 0.1) is 11.7 Å². The summed E-state index contributed by atoms with van der Waals surface area (Å²) < 4.78 is 13.9. The molecule has 35 heavy (non-hydrogen) atoms. The van der Waals surface area contributed by atoms with Crippen molar-refractivity contribution >= 4 is 23.4 Å². The Morgan fingerprint density at radius 3 is 2.51 bits per heavy atom. The van der Waals surface area contributed by atoms with Gasteiger partial charge in [-0.05, 0) is 55.2 Å². The lowest BCUT2D eigenvalue weighted by Gasteiger charge is -2.32. The minimum atomic E-state index is -0.612. The number of hydrogen-bond acceptors (Lipinski definition) is 3. The van der Waals surface area contributed by atoms with E-state index in [1.165, 1.54) is 18.2 Å². The van der Waals surface area contributed by atoms with Gasteiger partial charge in [-0.1, -0.05) is 48.5 Å². The summed E-state index contributed by atoms with van der Waals surface area (Å²) in [6.45, 7) is 1.47. The van der Waals surface area contributed by atoms with Gasteiger partial charge in [0.05, 0.1) is 11.5 Å². The van der Waals surface area contributed by atoms with Gasteiger partial charge in [0, 0.05) is 30.9 Å². The van der Waals surface area contributed by atoms with E-state index in [4.69, 9.17) is 0 Å². The fourth-order valence-corrected chi connectivity index (χ4v) is 4.25. The molecule has 1 aliphatic rings. The number of carbonyl (C=O) groups is 3. The van der Waals surface area contributed by atoms with E-state index >= 15 is 0 Å². The van der Waals surface area contributed by atoms with Gasteiger partial charge in [-0.3, -0.25) is 14.4 Å². The highest BCUT2D eigenvalue weighted by Gasteiger charge is 2.29. The molecule has 0 unspecified atom stereocenters. The molecule has 4 rings (SSSR count). The molecule has 0 aromatic heterocycles. The van der Waals surface area contributed by atoms with Crippen LogP contribution in [0.5, 0.6) is 0 Å². The standard InChI is InChI=1S/C28H28FN3O3/c29-25-14-5-4-13-24(25)27(34)31-23-12-6-10-21(18-23)28(35)32-17-7-11-22(19-32)26(33)30-16-15-20-8-2-1-3-9-20/h1-6,8-10,12-14,18,22H,7,11,15-17,19H2,(H,30,33)(H,31,34)/t22-/m1/s1. The van der Waals surface area contributed by atoms with Crippen molar-refractivity contribution in [2.75, 3.05) is 25.0 Å². The average Bonchev–Trinajstić information content (AvgIpc) is 2.89. The number of amides is 3. The molecular weight excluding hydrogens is 445 g/mol. The summed E-state index contributed by atoms with van der Waals surface area (Å²) in [6, 6.07) is 22.3. The number of halogens is 1. The molecule has 3 aromatic rings. The van der Waals surface area contributed by atoms with Crippen molar-refractivity contribution in [2.45, 2.75) is 19.3 Å². The normalized spacial score (nSPS) is 15.3. The van der Waals surface area contributed by atoms with E-state index < -0.39 is 11.7 Å². The van der Waals surface area contributed by atoms with Gasteiger partial charge in [-0.15, -0.1) is 0 Å². The van der Waals surface area contributed by atoms with Crippen molar-refractivity contribution < 1.29 is 18.8 Å². The topological polar surface area (TPSA) is 78.5 Å². The summed E-state index contributed by atoms with van der Waals surface area (Å²) in [5.41, 5.74) is 1.90. The highest BCUT2D eigenvalue weighted by molar-refractivity contribution is 6.05. The van der Waals surface area contributed by atoms with Gasteiger partial charge < -0.3 is 15.5 Å². The van der Waals surface area contributed by atoms with Gasteiger partial charge in [0.25, 0.3) is 11.8 Å². The third-order valence-corrected chi connectivity index (χ3v) is 6.12. The van der Waals surface area contributed by atoms with Crippen molar-refractivity contribution in [3.8, 4) is 0 Å². The number of anilines is 1. The first-order valence-corrected chi connectivity index (χ1v) is 11.8. The summed E-state index contributed by atoms with van der Waals surface area (Å²) in [4.78, 5) is 40.0. The predicted molar refractivity (Wildman–Crippen MR) is 133 cm³/mol. The van der Waals surface area contributed by atoms with E-state index in [0.29, 0.717) is 30.9 Å². The summed E-state index contributed by atoms with van der Waals surface area (Å²) >= 11 is 0. The van der Waals surface area contributed by atoms with Gasteiger partial charge in [0.2, 0.25) is 5.91 Å². The molecule has 0 saturated carbocycles. The molecule has 0 radical (unpaired) electrons. The molecule has 1 saturated heterocycles. The van der Waals surface area contributed by atoms with Crippen LogP contribution in [-0.2, 0) is 11.2 Å². The van der Waals surface area contributed by atoms with Crippen LogP contribution in [0.4, 0.5) is 10.1 Å². The van der Waals surface area contributed by atoms with Crippen LogP contribution in [0.15, 0.2) is 78.9 Å². The van der Waals surface area contributed by atoms with Crippen molar-refractivity contribution in [1.29, 1.82) is 0 Å². The highest BCUT2D eigenvalue weighted by atomic mass is 19.1. The lowest BCUT2D eigenvalue weighted by molar-refractivity contribution is -0.126. The number of hydrogen-bond donors (Lipinski definition) is 2. The second-order valence-corrected chi connectivity index (χ2v) is 8.63. The summed E-state index contributed by atoms with van der Waals surface area (Å²) in [5.74, 6) is -1.69. The van der Waals surface area contributed by atoms with Crippen LogP contribution in [0.2, 0.25) is 0 Å². The summed E-state index contributed by atoms with van der Waals surface area (Å²) in [5, 5.41) is 5.64. The molecular formula is C28H28FN3O3. The van der Waals surface area contributed by atoms with Crippen LogP contribution < -0.4 is 10.6 Å². The monoisotopic (exact) mass is 473 g/mol. The number of nitrogens with one attached hydrogen (secondary N) is 2. The van der Waals surface area contributed by atoms with Crippen LogP contribution in [0.3, 0.4) is 0 Å². The number of likely N-dealkylation sites (tertiary alicyclic amines) is 1. The van der Waals surface area contributed by atoms with E-state index in [9.17, 15) is 18.8 Å². The van der Waals surface area contributed by atoms with Crippen LogP contribution >= 0.6 is 0 Å². The van der Waals surface area contributed by atoms with E-state index in [1.54, 1.807) is 35.2 Å². The van der Waals surface area contributed by atoms with Gasteiger partial charge >= 0.3 is 0 Å². The van der Waals surface area contributed by atoms with Crippen LogP contribution in [0.25, 0.3) is 0 Å². The number of piperidine rings is 1. The smallest absolute Gasteiger partial charge is 0.258 e. The molecule has 3 amide bonds. The largest absolute Gasteiger partial charge is 0.355 e. The molecule has 1 aliphatic heterocycles. The SMILES string of the molecule is O=C(Nc1cccc(C(=O)N2CCC[C@@H](C(=O)NCCc3ccccc3)C2)c1)c1ccccc1F. The third-order valence-electron chi connectivity index (χ3n) is 6.12. The Balaban J connectivity index is 1.34. The van der Waals surface area contributed by atoms with Crippen LogP contribution in [0.1, 0.15) is 39.1 Å². The van der Waals surface area contributed by atoms with Gasteiger partial charge in [-0.2, -0.15) is 0 Å². The lowest BCUT2D eigenvalue weighted by Crippen LogP contribution is -2.45. The van der Waals surface area contributed by atoms with E-state index in [1.807, 2.05) is 30.3 Å². The molecule has 0 aliphatic carbocycles. The highest BCUT2D eigenvalue weighted by Crippen LogP contribution is 2.21. The molecule has 1 atom stereocenters. The van der Waals surface area contributed by atoms with Gasteiger partial charge in [-0.25, -0.2) is 4.39 Å². The molecule has 2 N–H and O–H groups in total. The minimum Gasteiger partial charge on any atom is -0.355 e. The maximum absolute atomic E-state index is 13.9. The number of carbonyl (C=O) groups excluding carboxylic acids is 3. The summed E-state index contributed by atoms with van der Waals surface area (Å²) in [6.07, 6.45) is 2.24. The molecule has 7 heteroatoms. The molecule has 0 bridgehead atoms. The molecule has 6 nitrogen and oxygen atoms in total. The van der Waals surface area contributed by atoms with Crippen LogP contribution in [-0.4, -0.2) is 42.3 Å². The first-order chi connectivity index (χ1) is 17.0. The minimum absolute atomic E-state index is 0.0377. The van der Waals surface area contributed by atoms with Crippen molar-refractivity contribution in [3.05, 3.63) is 101 Å². The number of rotatable bonds is 7. The van der Waals surface area contributed by atoms with E-state index in [0.717, 1.165) is 24.8 Å². The zero-order valence-electron chi connectivity index (χ0n) is 19.4.